The molecule has 0 bridgehead atoms. The van der Waals surface area contributed by atoms with E-state index in [2.05, 4.69) is 26.8 Å². The predicted molar refractivity (Wildman–Crippen MR) is 144 cm³/mol. The minimum Gasteiger partial charge on any atom is -0.493 e. The summed E-state index contributed by atoms with van der Waals surface area (Å²) in [6, 6.07) is 3.59. The zero-order valence-corrected chi connectivity index (χ0v) is 23.9. The number of esters is 1. The maximum atomic E-state index is 12.9. The number of hydrogen-bond donors (Lipinski definition) is 0. The second kappa shape index (κ2) is 11.3. The topological polar surface area (TPSA) is 88.3 Å². The van der Waals surface area contributed by atoms with Crippen molar-refractivity contribution < 1.29 is 38.0 Å². The van der Waals surface area contributed by atoms with E-state index in [1.807, 2.05) is 13.8 Å². The summed E-state index contributed by atoms with van der Waals surface area (Å²) in [4.78, 5) is 12.9. The average molecular weight is 531 g/mol. The van der Waals surface area contributed by atoms with Crippen molar-refractivity contribution in [3.8, 4) is 17.2 Å². The molecule has 3 aliphatic rings. The number of ether oxygens (including phenoxy) is 7. The lowest BCUT2D eigenvalue weighted by atomic mass is 9.68. The van der Waals surface area contributed by atoms with Crippen molar-refractivity contribution in [3.63, 3.8) is 0 Å². The first-order valence-corrected chi connectivity index (χ1v) is 13.4. The number of methoxy groups -OCH3 is 3. The van der Waals surface area contributed by atoms with Crippen LogP contribution in [0.5, 0.6) is 17.2 Å². The molecule has 210 valence electrons. The van der Waals surface area contributed by atoms with Gasteiger partial charge in [0.25, 0.3) is 0 Å². The fraction of sp³-hybridized carbons (Fsp3) is 0.633. The highest BCUT2D eigenvalue weighted by atomic mass is 16.6. The lowest BCUT2D eigenvalue weighted by molar-refractivity contribution is -0.166. The molecular weight excluding hydrogens is 488 g/mol. The molecular formula is C30H42O8. The van der Waals surface area contributed by atoms with Crippen LogP contribution >= 0.6 is 0 Å². The normalized spacial score (nSPS) is 31.8. The molecule has 1 saturated carbocycles. The van der Waals surface area contributed by atoms with Gasteiger partial charge in [-0.2, -0.15) is 0 Å². The third-order valence-electron chi connectivity index (χ3n) is 7.75. The van der Waals surface area contributed by atoms with Gasteiger partial charge in [-0.3, -0.25) is 0 Å². The zero-order chi connectivity index (χ0) is 27.7. The molecule has 0 amide bonds. The van der Waals surface area contributed by atoms with Crippen LogP contribution in [0, 0.1) is 5.92 Å². The number of hydrogen-bond acceptors (Lipinski definition) is 8. The summed E-state index contributed by atoms with van der Waals surface area (Å²) in [7, 11) is 4.81. The Morgan fingerprint density at radius 1 is 1.16 bits per heavy atom. The fourth-order valence-corrected chi connectivity index (χ4v) is 5.77. The minimum absolute atomic E-state index is 0.0203. The number of carbonyl (C=O) groups is 1. The number of allylic oxidation sites excluding steroid dienone is 1. The van der Waals surface area contributed by atoms with Crippen molar-refractivity contribution in [1.82, 2.24) is 0 Å². The molecule has 1 spiro atoms. The maximum Gasteiger partial charge on any atom is 0.331 e. The van der Waals surface area contributed by atoms with Gasteiger partial charge in [-0.05, 0) is 77.7 Å². The van der Waals surface area contributed by atoms with Crippen LogP contribution in [0.1, 0.15) is 59.4 Å². The molecule has 8 nitrogen and oxygen atoms in total. The van der Waals surface area contributed by atoms with E-state index >= 15 is 0 Å². The summed E-state index contributed by atoms with van der Waals surface area (Å²) in [6.45, 7) is 10.9. The van der Waals surface area contributed by atoms with Crippen molar-refractivity contribution in [3.05, 3.63) is 35.4 Å². The minimum atomic E-state index is -0.438. The summed E-state index contributed by atoms with van der Waals surface area (Å²) in [6.07, 6.45) is 6.97. The average Bonchev–Trinajstić information content (AvgIpc) is 3.79. The van der Waals surface area contributed by atoms with E-state index in [9.17, 15) is 4.79 Å². The molecule has 2 aliphatic heterocycles. The van der Waals surface area contributed by atoms with Crippen molar-refractivity contribution >= 4 is 12.0 Å². The Bertz CT molecular complexity index is 1040. The number of epoxide rings is 2. The largest absolute Gasteiger partial charge is 0.493 e. The van der Waals surface area contributed by atoms with Crippen LogP contribution in [0.3, 0.4) is 0 Å². The van der Waals surface area contributed by atoms with Crippen LogP contribution < -0.4 is 14.2 Å². The molecule has 0 N–H and O–H groups in total. The van der Waals surface area contributed by atoms with E-state index in [4.69, 9.17) is 33.2 Å². The van der Waals surface area contributed by atoms with Gasteiger partial charge in [0.05, 0.1) is 39.0 Å². The molecule has 2 saturated heterocycles. The highest BCUT2D eigenvalue weighted by Crippen LogP contribution is 2.59. The molecule has 3 fully saturated rings. The quantitative estimate of drug-likeness (QED) is 0.169. The van der Waals surface area contributed by atoms with Crippen LogP contribution in [0.15, 0.2) is 29.9 Å². The van der Waals surface area contributed by atoms with Crippen molar-refractivity contribution in [2.45, 2.75) is 89.5 Å². The van der Waals surface area contributed by atoms with Crippen molar-refractivity contribution in [2.24, 2.45) is 5.92 Å². The molecule has 4 rings (SSSR count). The Morgan fingerprint density at radius 3 is 2.34 bits per heavy atom. The molecule has 2 heterocycles. The molecule has 6 atom stereocenters. The van der Waals surface area contributed by atoms with E-state index in [1.54, 1.807) is 39.5 Å². The highest BCUT2D eigenvalue weighted by molar-refractivity contribution is 5.87. The Labute approximate surface area is 226 Å². The first-order chi connectivity index (χ1) is 18.1. The number of benzene rings is 1. The van der Waals surface area contributed by atoms with Gasteiger partial charge in [0.2, 0.25) is 5.75 Å². The van der Waals surface area contributed by atoms with Crippen molar-refractivity contribution in [2.75, 3.05) is 27.9 Å². The van der Waals surface area contributed by atoms with Gasteiger partial charge in [-0.15, -0.1) is 0 Å². The standard InChI is InChI=1S/C30H42O8/c1-18(2)9-11-24-29(5,38-24)28-27(34-8)21(13-14-30(28)17-35-30)37-25(31)12-10-20-15-22(32-6)26(36-19(3)4)23(16-20)33-7/h9-10,12,15-16,19,21,24,27-28H,11,13-14,17H2,1-8H3/b12-10+/t21-,24+,27-,28?,29?,30+/m1/s1. The Balaban J connectivity index is 1.47. The molecule has 0 aromatic heterocycles. The lowest BCUT2D eigenvalue weighted by Crippen LogP contribution is -2.55. The summed E-state index contributed by atoms with van der Waals surface area (Å²) >= 11 is 0. The lowest BCUT2D eigenvalue weighted by Gasteiger charge is -2.42. The van der Waals surface area contributed by atoms with Crippen molar-refractivity contribution in [1.29, 1.82) is 0 Å². The zero-order valence-electron chi connectivity index (χ0n) is 23.9. The van der Waals surface area contributed by atoms with Crippen LogP contribution in [0.25, 0.3) is 6.08 Å². The van der Waals surface area contributed by atoms with E-state index in [1.165, 1.54) is 11.6 Å². The third kappa shape index (κ3) is 5.87. The Kier molecular flexibility index (Phi) is 8.45. The van der Waals surface area contributed by atoms with Crippen LogP contribution in [-0.2, 0) is 23.7 Å². The fourth-order valence-electron chi connectivity index (χ4n) is 5.77. The Morgan fingerprint density at radius 2 is 1.82 bits per heavy atom. The van der Waals surface area contributed by atoms with Crippen LogP contribution in [-0.4, -0.2) is 69.5 Å². The van der Waals surface area contributed by atoms with Gasteiger partial charge in [0.15, 0.2) is 11.5 Å². The van der Waals surface area contributed by atoms with Crippen LogP contribution in [0.2, 0.25) is 0 Å². The summed E-state index contributed by atoms with van der Waals surface area (Å²) in [5.74, 6) is 1.11. The van der Waals surface area contributed by atoms with E-state index in [-0.39, 0.29) is 35.4 Å². The van der Waals surface area contributed by atoms with Gasteiger partial charge in [0.1, 0.15) is 23.4 Å². The third-order valence-corrected chi connectivity index (χ3v) is 7.75. The molecule has 1 aromatic rings. The van der Waals surface area contributed by atoms with Gasteiger partial charge in [0, 0.05) is 13.2 Å². The Hall–Kier alpha value is -2.55. The van der Waals surface area contributed by atoms with E-state index in [0.717, 1.165) is 18.4 Å². The molecule has 38 heavy (non-hydrogen) atoms. The molecule has 1 aliphatic carbocycles. The predicted octanol–water partition coefficient (Wildman–Crippen LogP) is 5.12. The van der Waals surface area contributed by atoms with Gasteiger partial charge in [-0.1, -0.05) is 11.6 Å². The highest BCUT2D eigenvalue weighted by Gasteiger charge is 2.72. The molecule has 2 unspecified atom stereocenters. The van der Waals surface area contributed by atoms with Gasteiger partial charge >= 0.3 is 5.97 Å². The summed E-state index contributed by atoms with van der Waals surface area (Å²) in [5.41, 5.74) is 1.35. The van der Waals surface area contributed by atoms with E-state index in [0.29, 0.717) is 30.3 Å². The van der Waals surface area contributed by atoms with Gasteiger partial charge in [-0.25, -0.2) is 4.79 Å². The summed E-state index contributed by atoms with van der Waals surface area (Å²) in [5, 5.41) is 0. The maximum absolute atomic E-state index is 12.9. The smallest absolute Gasteiger partial charge is 0.331 e. The SMILES string of the molecule is COc1cc(/C=C/C(=O)O[C@@H]2CC[C@]3(CO3)C(C3(C)O[C@H]3CC=C(C)C)[C@@H]2OC)cc(OC)c1OC(C)C. The van der Waals surface area contributed by atoms with E-state index < -0.39 is 12.1 Å². The second-order valence-electron chi connectivity index (χ2n) is 11.1. The van der Waals surface area contributed by atoms with Gasteiger partial charge < -0.3 is 33.2 Å². The molecule has 8 heteroatoms. The molecule has 1 aromatic carbocycles. The monoisotopic (exact) mass is 530 g/mol. The number of rotatable bonds is 11. The first-order valence-electron chi connectivity index (χ1n) is 13.4. The second-order valence-corrected chi connectivity index (χ2v) is 11.1. The number of carbonyl (C=O) groups excluding carboxylic acids is 1. The summed E-state index contributed by atoms with van der Waals surface area (Å²) < 4.78 is 41.0. The first kappa shape index (κ1) is 28.5. The molecule has 0 radical (unpaired) electrons. The van der Waals surface area contributed by atoms with Crippen LogP contribution in [0.4, 0.5) is 0 Å².